The van der Waals surface area contributed by atoms with Crippen molar-refractivity contribution in [1.29, 1.82) is 0 Å². The zero-order valence-electron chi connectivity index (χ0n) is 13.4. The number of aromatic nitrogens is 1. The standard InChI is InChI=1S/C17H17FN2O3S/c1-9(21)19-14-8-11(6-7-12(14)18)17(22)23-15-5-3-4-13-16(15)24-10(2)20-13/h6-8,15H,3-5H2,1-2H3,(H,19,21)/t15-/m1/s1. The van der Waals surface area contributed by atoms with Gasteiger partial charge in [0.1, 0.15) is 11.9 Å². The van der Waals surface area contributed by atoms with Crippen LogP contribution >= 0.6 is 11.3 Å². The highest BCUT2D eigenvalue weighted by molar-refractivity contribution is 7.11. The van der Waals surface area contributed by atoms with Crippen LogP contribution < -0.4 is 5.32 Å². The number of rotatable bonds is 3. The van der Waals surface area contributed by atoms with E-state index in [1.807, 2.05) is 6.92 Å². The Balaban J connectivity index is 1.79. The molecule has 1 aromatic heterocycles. The molecule has 0 saturated carbocycles. The van der Waals surface area contributed by atoms with Gasteiger partial charge < -0.3 is 10.1 Å². The van der Waals surface area contributed by atoms with Crippen LogP contribution in [0.1, 0.15) is 51.8 Å². The lowest BCUT2D eigenvalue weighted by Crippen LogP contribution is -2.16. The van der Waals surface area contributed by atoms with Gasteiger partial charge in [-0.05, 0) is 44.4 Å². The molecule has 1 heterocycles. The summed E-state index contributed by atoms with van der Waals surface area (Å²) in [5.41, 5.74) is 1.17. The molecule has 1 aliphatic rings. The molecule has 0 aliphatic heterocycles. The largest absolute Gasteiger partial charge is 0.453 e. The van der Waals surface area contributed by atoms with E-state index in [0.717, 1.165) is 40.9 Å². The number of amides is 1. The lowest BCUT2D eigenvalue weighted by molar-refractivity contribution is -0.114. The number of carbonyl (C=O) groups is 2. The van der Waals surface area contributed by atoms with Crippen molar-refractivity contribution in [1.82, 2.24) is 4.98 Å². The molecule has 3 rings (SSSR count). The van der Waals surface area contributed by atoms with Crippen molar-refractivity contribution in [3.63, 3.8) is 0 Å². The fourth-order valence-corrected chi connectivity index (χ4v) is 3.79. The summed E-state index contributed by atoms with van der Waals surface area (Å²) in [7, 11) is 0. The number of halogens is 1. The number of benzene rings is 1. The second-order valence-electron chi connectivity index (χ2n) is 5.71. The zero-order chi connectivity index (χ0) is 17.3. The maximum absolute atomic E-state index is 13.7. The number of carbonyl (C=O) groups excluding carboxylic acids is 2. The quantitative estimate of drug-likeness (QED) is 0.857. The molecule has 5 nitrogen and oxygen atoms in total. The number of thiazole rings is 1. The molecule has 0 spiro atoms. The fourth-order valence-electron chi connectivity index (χ4n) is 2.75. The number of aryl methyl sites for hydroxylation is 2. The van der Waals surface area contributed by atoms with Crippen molar-refractivity contribution >= 4 is 28.9 Å². The van der Waals surface area contributed by atoms with Crippen LogP contribution in [0.4, 0.5) is 10.1 Å². The Bertz CT molecular complexity index is 803. The van der Waals surface area contributed by atoms with Gasteiger partial charge in [0.15, 0.2) is 0 Å². The summed E-state index contributed by atoms with van der Waals surface area (Å²) in [6, 6.07) is 3.79. The summed E-state index contributed by atoms with van der Waals surface area (Å²) < 4.78 is 19.3. The molecule has 0 saturated heterocycles. The molecule has 1 aromatic carbocycles. The average molecular weight is 348 g/mol. The number of fused-ring (bicyclic) bond motifs is 1. The minimum Gasteiger partial charge on any atom is -0.453 e. The Morgan fingerprint density at radius 3 is 2.96 bits per heavy atom. The van der Waals surface area contributed by atoms with Crippen LogP contribution in [-0.2, 0) is 16.0 Å². The SMILES string of the molecule is CC(=O)Nc1cc(C(=O)O[C@@H]2CCCc3nc(C)sc32)ccc1F. The first kappa shape index (κ1) is 16.6. The summed E-state index contributed by atoms with van der Waals surface area (Å²) in [5.74, 6) is -1.54. The zero-order valence-corrected chi connectivity index (χ0v) is 14.2. The number of nitrogens with zero attached hydrogens (tertiary/aromatic N) is 1. The molecular weight excluding hydrogens is 331 g/mol. The fraction of sp³-hybridized carbons (Fsp3) is 0.353. The molecule has 1 amide bonds. The molecule has 0 unspecified atom stereocenters. The highest BCUT2D eigenvalue weighted by Gasteiger charge is 2.27. The predicted molar refractivity (Wildman–Crippen MR) is 88.6 cm³/mol. The third-order valence-electron chi connectivity index (χ3n) is 3.77. The normalized spacial score (nSPS) is 16.4. The van der Waals surface area contributed by atoms with E-state index in [9.17, 15) is 14.0 Å². The summed E-state index contributed by atoms with van der Waals surface area (Å²) in [6.45, 7) is 3.21. The number of anilines is 1. The molecule has 0 radical (unpaired) electrons. The van der Waals surface area contributed by atoms with Crippen molar-refractivity contribution < 1.29 is 18.7 Å². The monoisotopic (exact) mass is 348 g/mol. The second kappa shape index (κ2) is 6.68. The Morgan fingerprint density at radius 1 is 1.42 bits per heavy atom. The van der Waals surface area contributed by atoms with Crippen molar-refractivity contribution in [3.8, 4) is 0 Å². The topological polar surface area (TPSA) is 68.3 Å². The molecule has 1 aliphatic carbocycles. The van der Waals surface area contributed by atoms with E-state index < -0.39 is 17.7 Å². The molecular formula is C17H17FN2O3S. The highest BCUT2D eigenvalue weighted by atomic mass is 32.1. The van der Waals surface area contributed by atoms with Crippen molar-refractivity contribution in [2.45, 2.75) is 39.2 Å². The number of hydrogen-bond acceptors (Lipinski definition) is 5. The van der Waals surface area contributed by atoms with Crippen LogP contribution in [0.25, 0.3) is 0 Å². The Hall–Kier alpha value is -2.28. The van der Waals surface area contributed by atoms with Gasteiger partial charge in [0, 0.05) is 6.92 Å². The van der Waals surface area contributed by atoms with Crippen molar-refractivity contribution in [2.24, 2.45) is 0 Å². The molecule has 0 fully saturated rings. The van der Waals surface area contributed by atoms with E-state index in [2.05, 4.69) is 10.3 Å². The summed E-state index contributed by atoms with van der Waals surface area (Å²) >= 11 is 1.54. The molecule has 1 N–H and O–H groups in total. The Labute approximate surface area is 142 Å². The summed E-state index contributed by atoms with van der Waals surface area (Å²) in [5, 5.41) is 3.32. The molecule has 24 heavy (non-hydrogen) atoms. The van der Waals surface area contributed by atoms with E-state index in [-0.39, 0.29) is 17.4 Å². The van der Waals surface area contributed by atoms with Crippen LogP contribution in [0.3, 0.4) is 0 Å². The van der Waals surface area contributed by atoms with Crippen LogP contribution in [0.15, 0.2) is 18.2 Å². The third kappa shape index (κ3) is 3.46. The first-order valence-electron chi connectivity index (χ1n) is 7.68. The second-order valence-corrected chi connectivity index (χ2v) is 6.94. The van der Waals surface area contributed by atoms with Crippen molar-refractivity contribution in [2.75, 3.05) is 5.32 Å². The van der Waals surface area contributed by atoms with Crippen LogP contribution in [-0.4, -0.2) is 16.9 Å². The lowest BCUT2D eigenvalue weighted by atomic mass is 10.0. The van der Waals surface area contributed by atoms with Crippen LogP contribution in [0.2, 0.25) is 0 Å². The maximum Gasteiger partial charge on any atom is 0.338 e. The van der Waals surface area contributed by atoms with E-state index in [1.54, 1.807) is 11.3 Å². The van der Waals surface area contributed by atoms with Crippen LogP contribution in [0, 0.1) is 12.7 Å². The third-order valence-corrected chi connectivity index (χ3v) is 4.87. The molecule has 2 aromatic rings. The van der Waals surface area contributed by atoms with Gasteiger partial charge in [0.05, 0.1) is 26.8 Å². The van der Waals surface area contributed by atoms with Gasteiger partial charge in [0.25, 0.3) is 0 Å². The number of hydrogen-bond donors (Lipinski definition) is 1. The molecule has 1 atom stereocenters. The van der Waals surface area contributed by atoms with Gasteiger partial charge in [-0.3, -0.25) is 4.79 Å². The molecule has 126 valence electrons. The number of esters is 1. The highest BCUT2D eigenvalue weighted by Crippen LogP contribution is 2.37. The van der Waals surface area contributed by atoms with E-state index >= 15 is 0 Å². The van der Waals surface area contributed by atoms with Gasteiger partial charge >= 0.3 is 5.97 Å². The Morgan fingerprint density at radius 2 is 2.21 bits per heavy atom. The van der Waals surface area contributed by atoms with Gasteiger partial charge in [-0.1, -0.05) is 0 Å². The Kier molecular flexibility index (Phi) is 4.62. The maximum atomic E-state index is 13.7. The minimum atomic E-state index is -0.597. The van der Waals surface area contributed by atoms with E-state index in [1.165, 1.54) is 19.1 Å². The molecule has 7 heteroatoms. The van der Waals surface area contributed by atoms with Gasteiger partial charge in [-0.2, -0.15) is 0 Å². The first-order chi connectivity index (χ1) is 11.4. The van der Waals surface area contributed by atoms with Gasteiger partial charge in [-0.15, -0.1) is 11.3 Å². The average Bonchev–Trinajstić information content (AvgIpc) is 2.90. The molecule has 0 bridgehead atoms. The lowest BCUT2D eigenvalue weighted by Gasteiger charge is -2.21. The van der Waals surface area contributed by atoms with E-state index in [0.29, 0.717) is 0 Å². The number of nitrogens with one attached hydrogen (secondary N) is 1. The van der Waals surface area contributed by atoms with Crippen molar-refractivity contribution in [3.05, 3.63) is 45.2 Å². The van der Waals surface area contributed by atoms with E-state index in [4.69, 9.17) is 4.74 Å². The predicted octanol–water partition coefficient (Wildman–Crippen LogP) is 3.78. The van der Waals surface area contributed by atoms with Gasteiger partial charge in [0.2, 0.25) is 5.91 Å². The first-order valence-corrected chi connectivity index (χ1v) is 8.50. The minimum absolute atomic E-state index is 0.0325. The summed E-state index contributed by atoms with van der Waals surface area (Å²) in [6.07, 6.45) is 2.24. The smallest absolute Gasteiger partial charge is 0.338 e. The van der Waals surface area contributed by atoms with Crippen LogP contribution in [0.5, 0.6) is 0 Å². The number of ether oxygens (including phenoxy) is 1. The summed E-state index contributed by atoms with van der Waals surface area (Å²) in [4.78, 5) is 29.0. The van der Waals surface area contributed by atoms with Gasteiger partial charge in [-0.25, -0.2) is 14.2 Å².